The molecule has 2 N–H and O–H groups in total. The van der Waals surface area contributed by atoms with Crippen molar-refractivity contribution < 1.29 is 15.0 Å². The van der Waals surface area contributed by atoms with Crippen LogP contribution in [0.2, 0.25) is 0 Å². The molecule has 17 heavy (non-hydrogen) atoms. The summed E-state index contributed by atoms with van der Waals surface area (Å²) in [6, 6.07) is 4.32. The van der Waals surface area contributed by atoms with E-state index in [-0.39, 0.29) is 18.7 Å². The average molecular weight is 233 g/mol. The zero-order valence-electron chi connectivity index (χ0n) is 8.95. The lowest BCUT2D eigenvalue weighted by Crippen LogP contribution is -2.36. The number of hydrogen-bond acceptors (Lipinski definition) is 5. The number of rotatable bonds is 2. The highest BCUT2D eigenvalue weighted by molar-refractivity contribution is 5.79. The smallest absolute Gasteiger partial charge is 0.326 e. The minimum atomic E-state index is -0.967. The van der Waals surface area contributed by atoms with Gasteiger partial charge in [-0.05, 0) is 12.1 Å². The minimum absolute atomic E-state index is 0.204. The van der Waals surface area contributed by atoms with Gasteiger partial charge in [0.25, 0.3) is 0 Å². The number of anilines is 1. The number of carboxylic acids is 1. The predicted octanol–water partition coefficient (Wildman–Crippen LogP) is -0.0225. The van der Waals surface area contributed by atoms with Crippen LogP contribution in [0.1, 0.15) is 12.1 Å². The molecule has 88 valence electrons. The second kappa shape index (κ2) is 4.39. The fraction of sp³-hybridized carbons (Fsp3) is 0.364. The van der Waals surface area contributed by atoms with Gasteiger partial charge in [0.05, 0.1) is 18.0 Å². The quantitative estimate of drug-likeness (QED) is 0.744. The molecule has 1 fully saturated rings. The molecule has 1 aromatic rings. The van der Waals surface area contributed by atoms with E-state index in [1.54, 1.807) is 11.0 Å². The molecule has 6 nitrogen and oxygen atoms in total. The van der Waals surface area contributed by atoms with Crippen LogP contribution in [0.4, 0.5) is 5.69 Å². The van der Waals surface area contributed by atoms with Crippen LogP contribution >= 0.6 is 0 Å². The highest BCUT2D eigenvalue weighted by atomic mass is 16.4. The zero-order chi connectivity index (χ0) is 12.4. The van der Waals surface area contributed by atoms with Gasteiger partial charge in [0.15, 0.2) is 0 Å². The molecule has 1 aromatic heterocycles. The summed E-state index contributed by atoms with van der Waals surface area (Å²) < 4.78 is 0. The number of hydrogen-bond donors (Lipinski definition) is 2. The van der Waals surface area contributed by atoms with Crippen LogP contribution in [0.5, 0.6) is 0 Å². The van der Waals surface area contributed by atoms with Crippen molar-refractivity contribution in [1.82, 2.24) is 4.98 Å². The summed E-state index contributed by atoms with van der Waals surface area (Å²) in [5.74, 6) is -0.967. The van der Waals surface area contributed by atoms with E-state index >= 15 is 0 Å². The molecule has 0 saturated carbocycles. The van der Waals surface area contributed by atoms with Crippen molar-refractivity contribution in [2.45, 2.75) is 18.6 Å². The Kier molecular flexibility index (Phi) is 2.93. The van der Waals surface area contributed by atoms with E-state index in [1.165, 1.54) is 12.3 Å². The Labute approximate surface area is 97.7 Å². The van der Waals surface area contributed by atoms with Crippen LogP contribution in [0.3, 0.4) is 0 Å². The lowest BCUT2D eigenvalue weighted by Gasteiger charge is -2.22. The van der Waals surface area contributed by atoms with Gasteiger partial charge in [0.2, 0.25) is 0 Å². The normalized spacial score (nSPS) is 23.4. The summed E-state index contributed by atoms with van der Waals surface area (Å²) in [6.07, 6.45) is 1.01. The second-order valence-corrected chi connectivity index (χ2v) is 3.91. The van der Waals surface area contributed by atoms with E-state index in [4.69, 9.17) is 10.4 Å². The topological polar surface area (TPSA) is 97.5 Å². The lowest BCUT2D eigenvalue weighted by molar-refractivity contribution is -0.138. The number of aliphatic carboxylic acids is 1. The number of pyridine rings is 1. The van der Waals surface area contributed by atoms with Gasteiger partial charge in [0, 0.05) is 13.0 Å². The molecule has 0 aromatic carbocycles. The van der Waals surface area contributed by atoms with E-state index < -0.39 is 18.1 Å². The van der Waals surface area contributed by atoms with Crippen molar-refractivity contribution in [3.8, 4) is 6.07 Å². The number of aliphatic hydroxyl groups is 1. The van der Waals surface area contributed by atoms with Crippen molar-refractivity contribution in [2.24, 2.45) is 0 Å². The van der Waals surface area contributed by atoms with Gasteiger partial charge in [-0.1, -0.05) is 0 Å². The number of carboxylic acid groups (broad SMARTS) is 1. The van der Waals surface area contributed by atoms with Crippen molar-refractivity contribution in [2.75, 3.05) is 11.4 Å². The summed E-state index contributed by atoms with van der Waals surface area (Å²) in [6.45, 7) is 0.268. The Morgan fingerprint density at radius 1 is 1.59 bits per heavy atom. The first-order valence-corrected chi connectivity index (χ1v) is 5.15. The minimum Gasteiger partial charge on any atom is -0.480 e. The number of aromatic nitrogens is 1. The summed E-state index contributed by atoms with van der Waals surface area (Å²) in [4.78, 5) is 16.5. The van der Waals surface area contributed by atoms with Crippen LogP contribution < -0.4 is 4.90 Å². The van der Waals surface area contributed by atoms with Crippen LogP contribution in [0.25, 0.3) is 0 Å². The number of aliphatic hydroxyl groups excluding tert-OH is 1. The van der Waals surface area contributed by atoms with Gasteiger partial charge in [0.1, 0.15) is 17.8 Å². The van der Waals surface area contributed by atoms with Crippen LogP contribution in [0.15, 0.2) is 18.3 Å². The second-order valence-electron chi connectivity index (χ2n) is 3.91. The van der Waals surface area contributed by atoms with E-state index in [2.05, 4.69) is 4.98 Å². The Bertz CT molecular complexity index is 466. The number of carbonyl (C=O) groups is 1. The molecule has 1 saturated heterocycles. The van der Waals surface area contributed by atoms with E-state index in [1.807, 2.05) is 6.07 Å². The Balaban J connectivity index is 2.26. The maximum absolute atomic E-state index is 11.0. The van der Waals surface area contributed by atoms with Gasteiger partial charge < -0.3 is 15.1 Å². The highest BCUT2D eigenvalue weighted by Crippen LogP contribution is 2.25. The number of β-amino-alcohol motifs (C(OH)–C–C–N with tert-alkyl or cyclic N) is 1. The van der Waals surface area contributed by atoms with Crippen LogP contribution in [-0.2, 0) is 4.79 Å². The Hall–Kier alpha value is -2.13. The lowest BCUT2D eigenvalue weighted by atomic mass is 10.2. The maximum atomic E-state index is 11.0. The molecule has 2 unspecified atom stereocenters. The molecule has 0 radical (unpaired) electrons. The van der Waals surface area contributed by atoms with Gasteiger partial charge in [-0.15, -0.1) is 0 Å². The summed E-state index contributed by atoms with van der Waals surface area (Å²) >= 11 is 0. The SMILES string of the molecule is N#Cc1ccc(N2CC(O)CC2C(=O)O)cn1. The molecule has 2 heterocycles. The van der Waals surface area contributed by atoms with Crippen molar-refractivity contribution >= 4 is 11.7 Å². The molecule has 0 bridgehead atoms. The van der Waals surface area contributed by atoms with Gasteiger partial charge >= 0.3 is 5.97 Å². The van der Waals surface area contributed by atoms with Gasteiger partial charge in [-0.3, -0.25) is 0 Å². The molecule has 1 aliphatic rings. The largest absolute Gasteiger partial charge is 0.480 e. The summed E-state index contributed by atoms with van der Waals surface area (Å²) in [7, 11) is 0. The first-order chi connectivity index (χ1) is 8.11. The zero-order valence-corrected chi connectivity index (χ0v) is 8.95. The monoisotopic (exact) mass is 233 g/mol. The maximum Gasteiger partial charge on any atom is 0.326 e. The predicted molar refractivity (Wildman–Crippen MR) is 58.3 cm³/mol. The molecule has 2 rings (SSSR count). The molecule has 0 amide bonds. The molecule has 0 spiro atoms. The van der Waals surface area contributed by atoms with Gasteiger partial charge in [-0.25, -0.2) is 9.78 Å². The average Bonchev–Trinajstić information content (AvgIpc) is 2.72. The third kappa shape index (κ3) is 2.19. The van der Waals surface area contributed by atoms with Crippen molar-refractivity contribution in [3.05, 3.63) is 24.0 Å². The van der Waals surface area contributed by atoms with Crippen molar-refractivity contribution in [3.63, 3.8) is 0 Å². The molecule has 0 aliphatic carbocycles. The molecular weight excluding hydrogens is 222 g/mol. The van der Waals surface area contributed by atoms with Crippen LogP contribution in [-0.4, -0.2) is 39.9 Å². The summed E-state index contributed by atoms with van der Waals surface area (Å²) in [5.41, 5.74) is 0.883. The summed E-state index contributed by atoms with van der Waals surface area (Å²) in [5, 5.41) is 27.2. The molecule has 1 aliphatic heterocycles. The number of nitriles is 1. The fourth-order valence-electron chi connectivity index (χ4n) is 1.96. The highest BCUT2D eigenvalue weighted by Gasteiger charge is 2.36. The third-order valence-electron chi connectivity index (χ3n) is 2.76. The molecular formula is C11H11N3O3. The first-order valence-electron chi connectivity index (χ1n) is 5.15. The van der Waals surface area contributed by atoms with E-state index in [9.17, 15) is 9.90 Å². The van der Waals surface area contributed by atoms with Crippen molar-refractivity contribution in [1.29, 1.82) is 5.26 Å². The first kappa shape index (κ1) is 11.4. The number of nitrogens with zero attached hydrogens (tertiary/aromatic N) is 3. The van der Waals surface area contributed by atoms with E-state index in [0.29, 0.717) is 5.69 Å². The van der Waals surface area contributed by atoms with E-state index in [0.717, 1.165) is 0 Å². The third-order valence-corrected chi connectivity index (χ3v) is 2.76. The Morgan fingerprint density at radius 2 is 2.35 bits per heavy atom. The van der Waals surface area contributed by atoms with Gasteiger partial charge in [-0.2, -0.15) is 5.26 Å². The Morgan fingerprint density at radius 3 is 2.88 bits per heavy atom. The molecule has 2 atom stereocenters. The fourth-order valence-corrected chi connectivity index (χ4v) is 1.96. The van der Waals surface area contributed by atoms with Crippen LogP contribution in [0, 0.1) is 11.3 Å². The standard InChI is InChI=1S/C11H11N3O3/c12-4-7-1-2-8(5-13-7)14-6-9(15)3-10(14)11(16)17/h1-2,5,9-10,15H,3,6H2,(H,16,17). The molecule has 6 heteroatoms.